The van der Waals surface area contributed by atoms with E-state index < -0.39 is 0 Å². The second-order valence-corrected chi connectivity index (χ2v) is 3.33. The van der Waals surface area contributed by atoms with Crippen molar-refractivity contribution in [1.82, 2.24) is 0 Å². The highest BCUT2D eigenvalue weighted by Gasteiger charge is 1.99. The van der Waals surface area contributed by atoms with Gasteiger partial charge in [-0.15, -0.1) is 0 Å². The zero-order valence-electron chi connectivity index (χ0n) is 5.34. The summed E-state index contributed by atoms with van der Waals surface area (Å²) in [5.41, 5.74) is 0.456. The van der Waals surface area contributed by atoms with Crippen molar-refractivity contribution in [3.63, 3.8) is 0 Å². The predicted octanol–water partition coefficient (Wildman–Crippen LogP) is 3.46. The molecule has 0 spiro atoms. The molecule has 1 aromatic carbocycles. The van der Waals surface area contributed by atoms with Gasteiger partial charge in [0.2, 0.25) is 0 Å². The van der Waals surface area contributed by atoms with Crippen LogP contribution in [0.25, 0.3) is 0 Å². The van der Waals surface area contributed by atoms with Crippen LogP contribution < -0.4 is 0 Å². The van der Waals surface area contributed by atoms with Crippen LogP contribution >= 0.6 is 33.3 Å². The van der Waals surface area contributed by atoms with E-state index in [0.717, 1.165) is 15.9 Å². The molecule has 0 N–H and O–H groups in total. The largest absolute Gasteiger partial charge is 0.192 e. The molecule has 0 fully saturated rings. The second-order valence-electron chi connectivity index (χ2n) is 1.83. The standard InChI is InChI=1S/C7H3Cl2NS/c8-7-2-1-6(11-9)3-5(7)4-10/h1-3H. The van der Waals surface area contributed by atoms with Crippen LogP contribution in [0.2, 0.25) is 5.02 Å². The fourth-order valence-electron chi connectivity index (χ4n) is 0.638. The summed E-state index contributed by atoms with van der Waals surface area (Å²) >= 11 is 5.68. The minimum absolute atomic E-state index is 0.456. The fourth-order valence-corrected chi connectivity index (χ4v) is 1.37. The van der Waals surface area contributed by atoms with E-state index in [2.05, 4.69) is 0 Å². The SMILES string of the molecule is N#Cc1cc(SCl)ccc1Cl. The van der Waals surface area contributed by atoms with Crippen LogP contribution in [0, 0.1) is 11.3 Å². The Hall–Kier alpha value is -0.360. The highest BCUT2D eigenvalue weighted by Crippen LogP contribution is 2.26. The first-order chi connectivity index (χ1) is 5.27. The van der Waals surface area contributed by atoms with E-state index in [1.165, 1.54) is 0 Å². The van der Waals surface area contributed by atoms with Gasteiger partial charge < -0.3 is 0 Å². The number of rotatable bonds is 1. The van der Waals surface area contributed by atoms with Crippen LogP contribution in [-0.2, 0) is 0 Å². The van der Waals surface area contributed by atoms with Crippen molar-refractivity contribution in [3.05, 3.63) is 28.8 Å². The molecule has 0 atom stereocenters. The van der Waals surface area contributed by atoms with Gasteiger partial charge >= 0.3 is 0 Å². The molecule has 1 nitrogen and oxygen atoms in total. The highest BCUT2D eigenvalue weighted by atomic mass is 35.7. The molecule has 0 aliphatic carbocycles. The van der Waals surface area contributed by atoms with Crippen LogP contribution in [0.15, 0.2) is 23.1 Å². The molecule has 0 aliphatic rings. The number of nitrogens with zero attached hydrogens (tertiary/aromatic N) is 1. The monoisotopic (exact) mass is 203 g/mol. The minimum Gasteiger partial charge on any atom is -0.192 e. The number of nitriles is 1. The van der Waals surface area contributed by atoms with Gasteiger partial charge in [0, 0.05) is 4.90 Å². The van der Waals surface area contributed by atoms with Crippen molar-refractivity contribution >= 4 is 33.3 Å². The second kappa shape index (κ2) is 3.87. The molecule has 0 aromatic heterocycles. The molecule has 1 aromatic rings. The van der Waals surface area contributed by atoms with Gasteiger partial charge in [0.05, 0.1) is 10.6 Å². The average Bonchev–Trinajstić information content (AvgIpc) is 2.05. The molecule has 4 heteroatoms. The smallest absolute Gasteiger partial charge is 0.101 e. The maximum Gasteiger partial charge on any atom is 0.101 e. The lowest BCUT2D eigenvalue weighted by Crippen LogP contribution is -1.76. The Labute approximate surface area is 78.4 Å². The molecule has 0 bridgehead atoms. The van der Waals surface area contributed by atoms with E-state index in [9.17, 15) is 0 Å². The molecule has 56 valence electrons. The molecule has 0 saturated carbocycles. The van der Waals surface area contributed by atoms with Crippen LogP contribution in [0.5, 0.6) is 0 Å². The predicted molar refractivity (Wildman–Crippen MR) is 47.9 cm³/mol. The first kappa shape index (κ1) is 8.73. The molecular weight excluding hydrogens is 201 g/mol. The summed E-state index contributed by atoms with van der Waals surface area (Å²) in [6.45, 7) is 0. The summed E-state index contributed by atoms with van der Waals surface area (Å²) < 4.78 is 0. The summed E-state index contributed by atoms with van der Waals surface area (Å²) in [5.74, 6) is 0. The third kappa shape index (κ3) is 2.03. The summed E-state index contributed by atoms with van der Waals surface area (Å²) in [7, 11) is 6.54. The van der Waals surface area contributed by atoms with Crippen molar-refractivity contribution in [1.29, 1.82) is 5.26 Å². The number of hydrogen-bond donors (Lipinski definition) is 0. The van der Waals surface area contributed by atoms with Crippen LogP contribution in [0.4, 0.5) is 0 Å². The van der Waals surface area contributed by atoms with E-state index in [4.69, 9.17) is 27.5 Å². The van der Waals surface area contributed by atoms with Crippen molar-refractivity contribution in [2.45, 2.75) is 4.90 Å². The highest BCUT2D eigenvalue weighted by molar-refractivity contribution is 8.21. The van der Waals surface area contributed by atoms with E-state index in [0.29, 0.717) is 10.6 Å². The normalized spacial score (nSPS) is 9.18. The Kier molecular flexibility index (Phi) is 3.07. The maximum absolute atomic E-state index is 8.55. The molecule has 11 heavy (non-hydrogen) atoms. The lowest BCUT2D eigenvalue weighted by molar-refractivity contribution is 1.41. The van der Waals surface area contributed by atoms with Crippen molar-refractivity contribution in [2.24, 2.45) is 0 Å². The van der Waals surface area contributed by atoms with E-state index >= 15 is 0 Å². The third-order valence-corrected chi connectivity index (χ3v) is 2.44. The Morgan fingerprint density at radius 3 is 2.73 bits per heavy atom. The van der Waals surface area contributed by atoms with E-state index in [1.54, 1.807) is 18.2 Å². The summed E-state index contributed by atoms with van der Waals surface area (Å²) in [6, 6.07) is 7.04. The zero-order valence-corrected chi connectivity index (χ0v) is 7.67. The third-order valence-electron chi connectivity index (χ3n) is 1.15. The molecule has 0 heterocycles. The Balaban J connectivity index is 3.15. The van der Waals surface area contributed by atoms with Gasteiger partial charge in [0.1, 0.15) is 6.07 Å². The number of benzene rings is 1. The maximum atomic E-state index is 8.55. The summed E-state index contributed by atoms with van der Waals surface area (Å²) in [5, 5.41) is 9.01. The van der Waals surface area contributed by atoms with Gasteiger partial charge in [-0.1, -0.05) is 11.6 Å². The Morgan fingerprint density at radius 2 is 2.18 bits per heavy atom. The molecule has 0 saturated heterocycles. The van der Waals surface area contributed by atoms with Gasteiger partial charge in [-0.25, -0.2) is 0 Å². The van der Waals surface area contributed by atoms with Crippen LogP contribution in [0.3, 0.4) is 0 Å². The fraction of sp³-hybridized carbons (Fsp3) is 0. The molecular formula is C7H3Cl2NS. The summed E-state index contributed by atoms with van der Waals surface area (Å²) in [6.07, 6.45) is 0. The quantitative estimate of drug-likeness (QED) is 0.699. The van der Waals surface area contributed by atoms with Crippen molar-refractivity contribution in [3.8, 4) is 6.07 Å². The van der Waals surface area contributed by atoms with Gasteiger partial charge in [-0.05, 0) is 39.9 Å². The average molecular weight is 204 g/mol. The van der Waals surface area contributed by atoms with Crippen molar-refractivity contribution < 1.29 is 0 Å². The lowest BCUT2D eigenvalue weighted by Gasteiger charge is -1.95. The first-order valence-electron chi connectivity index (χ1n) is 2.76. The van der Waals surface area contributed by atoms with E-state index in [1.807, 2.05) is 6.07 Å². The zero-order chi connectivity index (χ0) is 8.27. The molecule has 0 radical (unpaired) electrons. The topological polar surface area (TPSA) is 23.8 Å². The number of halogens is 2. The number of hydrogen-bond acceptors (Lipinski definition) is 2. The van der Waals surface area contributed by atoms with Crippen LogP contribution in [-0.4, -0.2) is 0 Å². The van der Waals surface area contributed by atoms with Gasteiger partial charge in [-0.2, -0.15) is 5.26 Å². The minimum atomic E-state index is 0.456. The lowest BCUT2D eigenvalue weighted by atomic mass is 10.2. The van der Waals surface area contributed by atoms with Gasteiger partial charge in [0.25, 0.3) is 0 Å². The molecule has 0 aliphatic heterocycles. The summed E-state index contributed by atoms with van der Waals surface area (Å²) in [4.78, 5) is 0.826. The van der Waals surface area contributed by atoms with Gasteiger partial charge in [0.15, 0.2) is 0 Å². The molecule has 0 amide bonds. The van der Waals surface area contributed by atoms with Crippen molar-refractivity contribution in [2.75, 3.05) is 0 Å². The van der Waals surface area contributed by atoms with E-state index in [-0.39, 0.29) is 0 Å². The van der Waals surface area contributed by atoms with Gasteiger partial charge in [-0.3, -0.25) is 0 Å². The first-order valence-corrected chi connectivity index (χ1v) is 4.78. The molecule has 0 unspecified atom stereocenters. The molecule has 1 rings (SSSR count). The van der Waals surface area contributed by atoms with Crippen LogP contribution in [0.1, 0.15) is 5.56 Å². The Morgan fingerprint density at radius 1 is 1.45 bits per heavy atom. The Bertz CT molecular complexity index is 306.